The topological polar surface area (TPSA) is 49.9 Å². The predicted octanol–water partition coefficient (Wildman–Crippen LogP) is 3.22. The van der Waals surface area contributed by atoms with Crippen LogP contribution in [0.2, 0.25) is 0 Å². The standard InChI is InChI=1S/C18H24N2O3S2/c1-3-17-9-10-18(24-17)25(21,22)20-13-11-19(12-14-20)15-5-7-16(8-6-15)23-4-2/h5-10H,3-4,11-14H2,1-2H3. The number of ether oxygens (including phenoxy) is 1. The first-order valence-electron chi connectivity index (χ1n) is 8.61. The SMILES string of the molecule is CCOc1ccc(N2CCN(S(=O)(=O)c3ccc(CC)s3)CC2)cc1. The largest absolute Gasteiger partial charge is 0.494 e. The van der Waals surface area contributed by atoms with Gasteiger partial charge in [0.15, 0.2) is 0 Å². The van der Waals surface area contributed by atoms with Crippen molar-refractivity contribution in [2.75, 3.05) is 37.7 Å². The average molecular weight is 381 g/mol. The molecule has 0 radical (unpaired) electrons. The van der Waals surface area contributed by atoms with Gasteiger partial charge in [0.05, 0.1) is 6.61 Å². The summed E-state index contributed by atoms with van der Waals surface area (Å²) in [5.41, 5.74) is 1.10. The molecule has 0 saturated carbocycles. The molecule has 5 nitrogen and oxygen atoms in total. The Morgan fingerprint density at radius 1 is 1.00 bits per heavy atom. The molecule has 25 heavy (non-hydrogen) atoms. The van der Waals surface area contributed by atoms with Crippen molar-refractivity contribution in [3.63, 3.8) is 0 Å². The van der Waals surface area contributed by atoms with E-state index < -0.39 is 10.0 Å². The highest BCUT2D eigenvalue weighted by Crippen LogP contribution is 2.27. The van der Waals surface area contributed by atoms with E-state index in [1.807, 2.05) is 44.2 Å². The summed E-state index contributed by atoms with van der Waals surface area (Å²) < 4.78 is 33.1. The molecule has 136 valence electrons. The quantitative estimate of drug-likeness (QED) is 0.772. The van der Waals surface area contributed by atoms with Gasteiger partial charge in [-0.05, 0) is 49.7 Å². The van der Waals surface area contributed by atoms with E-state index in [1.54, 1.807) is 10.4 Å². The molecule has 1 fully saturated rings. The van der Waals surface area contributed by atoms with Gasteiger partial charge in [-0.3, -0.25) is 0 Å². The number of benzene rings is 1. The van der Waals surface area contributed by atoms with Crippen LogP contribution in [0.25, 0.3) is 0 Å². The fourth-order valence-corrected chi connectivity index (χ4v) is 5.79. The lowest BCUT2D eigenvalue weighted by molar-refractivity contribution is 0.340. The van der Waals surface area contributed by atoms with Crippen molar-refractivity contribution in [3.8, 4) is 5.75 Å². The molecule has 0 N–H and O–H groups in total. The second-order valence-electron chi connectivity index (χ2n) is 5.89. The molecule has 0 spiro atoms. The van der Waals surface area contributed by atoms with E-state index in [9.17, 15) is 8.42 Å². The maximum atomic E-state index is 12.8. The highest BCUT2D eigenvalue weighted by atomic mass is 32.2. The highest BCUT2D eigenvalue weighted by molar-refractivity contribution is 7.91. The number of aryl methyl sites for hydroxylation is 1. The zero-order chi connectivity index (χ0) is 17.9. The van der Waals surface area contributed by atoms with Crippen LogP contribution in [0.5, 0.6) is 5.75 Å². The first-order chi connectivity index (χ1) is 12.0. The van der Waals surface area contributed by atoms with Gasteiger partial charge in [0.2, 0.25) is 0 Å². The third kappa shape index (κ3) is 3.99. The molecule has 1 aliphatic rings. The van der Waals surface area contributed by atoms with Gasteiger partial charge in [-0.1, -0.05) is 6.92 Å². The van der Waals surface area contributed by atoms with Crippen LogP contribution in [0.4, 0.5) is 5.69 Å². The van der Waals surface area contributed by atoms with E-state index in [2.05, 4.69) is 4.90 Å². The van der Waals surface area contributed by atoms with Gasteiger partial charge in [0.25, 0.3) is 10.0 Å². The summed E-state index contributed by atoms with van der Waals surface area (Å²) in [5, 5.41) is 0. The molecule has 0 bridgehead atoms. The first kappa shape index (κ1) is 18.2. The van der Waals surface area contributed by atoms with Gasteiger partial charge in [-0.15, -0.1) is 11.3 Å². The van der Waals surface area contributed by atoms with E-state index in [0.29, 0.717) is 37.0 Å². The van der Waals surface area contributed by atoms with Crippen LogP contribution in [0.3, 0.4) is 0 Å². The minimum Gasteiger partial charge on any atom is -0.494 e. The highest BCUT2D eigenvalue weighted by Gasteiger charge is 2.29. The van der Waals surface area contributed by atoms with Crippen molar-refractivity contribution in [2.45, 2.75) is 24.5 Å². The van der Waals surface area contributed by atoms with E-state index in [0.717, 1.165) is 22.7 Å². The lowest BCUT2D eigenvalue weighted by atomic mass is 10.2. The number of anilines is 1. The Hall–Kier alpha value is -1.57. The van der Waals surface area contributed by atoms with Crippen LogP contribution in [-0.4, -0.2) is 45.5 Å². The maximum absolute atomic E-state index is 12.8. The molecule has 7 heteroatoms. The molecule has 1 saturated heterocycles. The molecule has 0 amide bonds. The summed E-state index contributed by atoms with van der Waals surface area (Å²) in [6, 6.07) is 11.6. The molecule has 0 atom stereocenters. The normalized spacial score (nSPS) is 16.2. The second-order valence-corrected chi connectivity index (χ2v) is 9.23. The van der Waals surface area contributed by atoms with Crippen molar-refractivity contribution < 1.29 is 13.2 Å². The lowest BCUT2D eigenvalue weighted by Gasteiger charge is -2.35. The number of sulfonamides is 1. The fraction of sp³-hybridized carbons (Fsp3) is 0.444. The number of thiophene rings is 1. The second kappa shape index (κ2) is 7.76. The Labute approximate surface area is 153 Å². The maximum Gasteiger partial charge on any atom is 0.252 e. The summed E-state index contributed by atoms with van der Waals surface area (Å²) in [5.74, 6) is 0.858. The van der Waals surface area contributed by atoms with E-state index in [4.69, 9.17) is 4.74 Å². The molecule has 1 aromatic heterocycles. The number of hydrogen-bond acceptors (Lipinski definition) is 5. The Balaban J connectivity index is 1.64. The molecule has 0 unspecified atom stereocenters. The van der Waals surface area contributed by atoms with E-state index in [-0.39, 0.29) is 0 Å². The average Bonchev–Trinajstić information content (AvgIpc) is 3.13. The molecule has 1 aliphatic heterocycles. The Kier molecular flexibility index (Phi) is 5.66. The van der Waals surface area contributed by atoms with Gasteiger partial charge in [0.1, 0.15) is 9.96 Å². The lowest BCUT2D eigenvalue weighted by Crippen LogP contribution is -2.48. The van der Waals surface area contributed by atoms with E-state index >= 15 is 0 Å². The molecular formula is C18H24N2O3S2. The van der Waals surface area contributed by atoms with Crippen LogP contribution in [0.15, 0.2) is 40.6 Å². The Morgan fingerprint density at radius 3 is 2.24 bits per heavy atom. The van der Waals surface area contributed by atoms with Crippen molar-refractivity contribution in [3.05, 3.63) is 41.3 Å². The number of hydrogen-bond donors (Lipinski definition) is 0. The minimum absolute atomic E-state index is 0.457. The number of rotatable bonds is 6. The monoisotopic (exact) mass is 380 g/mol. The minimum atomic E-state index is -3.37. The molecule has 1 aromatic carbocycles. The van der Waals surface area contributed by atoms with Crippen molar-refractivity contribution in [1.29, 1.82) is 0 Å². The Morgan fingerprint density at radius 2 is 1.68 bits per heavy atom. The number of nitrogens with zero attached hydrogens (tertiary/aromatic N) is 2. The van der Waals surface area contributed by atoms with Crippen LogP contribution >= 0.6 is 11.3 Å². The molecular weight excluding hydrogens is 356 g/mol. The third-order valence-corrected chi connectivity index (χ3v) is 7.93. The smallest absolute Gasteiger partial charge is 0.252 e. The summed E-state index contributed by atoms with van der Waals surface area (Å²) in [6.45, 7) is 7.06. The van der Waals surface area contributed by atoms with Crippen LogP contribution < -0.4 is 9.64 Å². The van der Waals surface area contributed by atoms with E-state index in [1.165, 1.54) is 11.3 Å². The Bertz CT molecular complexity index is 792. The van der Waals surface area contributed by atoms with Gasteiger partial charge < -0.3 is 9.64 Å². The van der Waals surface area contributed by atoms with Crippen molar-refractivity contribution in [1.82, 2.24) is 4.31 Å². The van der Waals surface area contributed by atoms with Crippen molar-refractivity contribution >= 4 is 27.0 Å². The zero-order valence-corrected chi connectivity index (χ0v) is 16.3. The summed E-state index contributed by atoms with van der Waals surface area (Å²) >= 11 is 1.38. The van der Waals surface area contributed by atoms with Gasteiger partial charge in [0, 0.05) is 36.7 Å². The van der Waals surface area contributed by atoms with Crippen LogP contribution in [0.1, 0.15) is 18.7 Å². The predicted molar refractivity (Wildman–Crippen MR) is 102 cm³/mol. The zero-order valence-electron chi connectivity index (χ0n) is 14.6. The summed E-state index contributed by atoms with van der Waals surface area (Å²) in [4.78, 5) is 3.32. The summed E-state index contributed by atoms with van der Waals surface area (Å²) in [7, 11) is -3.37. The third-order valence-electron chi connectivity index (χ3n) is 4.33. The van der Waals surface area contributed by atoms with Crippen LogP contribution in [-0.2, 0) is 16.4 Å². The fourth-order valence-electron chi connectivity index (χ4n) is 2.92. The van der Waals surface area contributed by atoms with Gasteiger partial charge >= 0.3 is 0 Å². The van der Waals surface area contributed by atoms with Gasteiger partial charge in [-0.25, -0.2) is 8.42 Å². The molecule has 2 aromatic rings. The van der Waals surface area contributed by atoms with Crippen LogP contribution in [0, 0.1) is 0 Å². The van der Waals surface area contributed by atoms with Gasteiger partial charge in [-0.2, -0.15) is 4.31 Å². The molecule has 2 heterocycles. The number of piperazine rings is 1. The first-order valence-corrected chi connectivity index (χ1v) is 10.9. The summed E-state index contributed by atoms with van der Waals surface area (Å²) in [6.07, 6.45) is 0.867. The molecule has 3 rings (SSSR count). The molecule has 0 aliphatic carbocycles. The van der Waals surface area contributed by atoms with Crippen molar-refractivity contribution in [2.24, 2.45) is 0 Å².